The van der Waals surface area contributed by atoms with Crippen LogP contribution in [0, 0.1) is 6.92 Å². The number of H-pyrrole nitrogens is 1. The average Bonchev–Trinajstić information content (AvgIpc) is 2.91. The zero-order chi connectivity index (χ0) is 15.7. The zero-order valence-electron chi connectivity index (χ0n) is 11.8. The minimum Gasteiger partial charge on any atom is -0.507 e. The van der Waals surface area contributed by atoms with Crippen LogP contribution >= 0.6 is 0 Å². The lowest BCUT2D eigenvalue weighted by molar-refractivity contribution is 0.104. The molecule has 1 aromatic carbocycles. The normalized spacial score (nSPS) is 11.3. The van der Waals surface area contributed by atoms with Gasteiger partial charge in [0.1, 0.15) is 17.1 Å². The zero-order valence-corrected chi connectivity index (χ0v) is 11.8. The molecule has 0 radical (unpaired) electrons. The van der Waals surface area contributed by atoms with E-state index in [1.807, 2.05) is 30.5 Å². The summed E-state index contributed by atoms with van der Waals surface area (Å²) in [5.41, 5.74) is 0.620. The van der Waals surface area contributed by atoms with Gasteiger partial charge >= 0.3 is 5.63 Å². The number of carbonyl (C=O) groups excluding carboxylic acids is 1. The number of allylic oxidation sites excluding steroid dienone is 1. The lowest BCUT2D eigenvalue weighted by Crippen LogP contribution is -2.12. The largest absolute Gasteiger partial charge is 0.507 e. The molecule has 110 valence electrons. The van der Waals surface area contributed by atoms with Gasteiger partial charge in [0.2, 0.25) is 0 Å². The minimum atomic E-state index is -0.840. The Kier molecular flexibility index (Phi) is 3.39. The third-order valence-electron chi connectivity index (χ3n) is 3.30. The van der Waals surface area contributed by atoms with Gasteiger partial charge in [0.05, 0.1) is 0 Å². The molecule has 0 saturated heterocycles. The van der Waals surface area contributed by atoms with Crippen LogP contribution in [0.2, 0.25) is 0 Å². The summed E-state index contributed by atoms with van der Waals surface area (Å²) < 4.78 is 4.84. The lowest BCUT2D eigenvalue weighted by Gasteiger charge is -2.00. The topological polar surface area (TPSA) is 83.3 Å². The minimum absolute atomic E-state index is 0.251. The Labute approximate surface area is 125 Å². The van der Waals surface area contributed by atoms with Crippen LogP contribution in [0.1, 0.15) is 21.7 Å². The first-order valence-electron chi connectivity index (χ1n) is 6.68. The van der Waals surface area contributed by atoms with E-state index in [4.69, 9.17) is 4.42 Å². The highest BCUT2D eigenvalue weighted by molar-refractivity contribution is 6.08. The molecular weight excluding hydrogens is 282 g/mol. The van der Waals surface area contributed by atoms with Crippen LogP contribution in [0.4, 0.5) is 0 Å². The predicted molar refractivity (Wildman–Crippen MR) is 83.0 cm³/mol. The molecule has 0 amide bonds. The second kappa shape index (κ2) is 5.37. The third kappa shape index (κ3) is 2.56. The molecule has 2 N–H and O–H groups in total. The molecule has 0 bridgehead atoms. The van der Waals surface area contributed by atoms with Crippen molar-refractivity contribution in [2.24, 2.45) is 0 Å². The van der Waals surface area contributed by atoms with Crippen LogP contribution in [-0.4, -0.2) is 15.9 Å². The molecule has 0 unspecified atom stereocenters. The standard InChI is InChI=1S/C17H13NO4/c1-10-8-15(20)16(17(21)22-10)14(19)5-3-11-2-4-13-12(9-11)6-7-18-13/h2-9,18,20H,1H3/b5-3+. The summed E-state index contributed by atoms with van der Waals surface area (Å²) in [7, 11) is 0. The number of carbonyl (C=O) groups is 1. The molecule has 0 aliphatic carbocycles. The molecule has 0 atom stereocenters. The van der Waals surface area contributed by atoms with Gasteiger partial charge in [-0.3, -0.25) is 4.79 Å². The number of hydrogen-bond acceptors (Lipinski definition) is 4. The number of hydrogen-bond donors (Lipinski definition) is 2. The second-order valence-corrected chi connectivity index (χ2v) is 4.93. The van der Waals surface area contributed by atoms with Gasteiger partial charge in [-0.1, -0.05) is 12.1 Å². The Hall–Kier alpha value is -3.08. The highest BCUT2D eigenvalue weighted by Gasteiger charge is 2.15. The van der Waals surface area contributed by atoms with Gasteiger partial charge in [-0.2, -0.15) is 0 Å². The predicted octanol–water partition coefficient (Wildman–Crippen LogP) is 3.03. The van der Waals surface area contributed by atoms with Crippen LogP contribution in [0.5, 0.6) is 5.75 Å². The van der Waals surface area contributed by atoms with Gasteiger partial charge in [0.15, 0.2) is 5.78 Å². The Morgan fingerprint density at radius 3 is 2.86 bits per heavy atom. The first-order valence-corrected chi connectivity index (χ1v) is 6.68. The number of aromatic amines is 1. The van der Waals surface area contributed by atoms with Gasteiger partial charge in [-0.05, 0) is 42.1 Å². The van der Waals surface area contributed by atoms with Crippen molar-refractivity contribution in [3.8, 4) is 5.75 Å². The maximum atomic E-state index is 12.1. The highest BCUT2D eigenvalue weighted by atomic mass is 16.4. The summed E-state index contributed by atoms with van der Waals surface area (Å²) in [4.78, 5) is 26.8. The maximum absolute atomic E-state index is 12.1. The molecule has 0 fully saturated rings. The number of nitrogens with one attached hydrogen (secondary N) is 1. The number of benzene rings is 1. The Morgan fingerprint density at radius 2 is 2.09 bits per heavy atom. The van der Waals surface area contributed by atoms with Gasteiger partial charge in [0.25, 0.3) is 0 Å². The van der Waals surface area contributed by atoms with E-state index in [2.05, 4.69) is 4.98 Å². The number of aryl methyl sites for hydroxylation is 1. The molecule has 3 aromatic rings. The molecule has 3 rings (SSSR count). The van der Waals surface area contributed by atoms with Crippen molar-refractivity contribution in [1.29, 1.82) is 0 Å². The number of fused-ring (bicyclic) bond motifs is 1. The van der Waals surface area contributed by atoms with Gasteiger partial charge in [-0.25, -0.2) is 4.79 Å². The molecule has 2 aromatic heterocycles. The lowest BCUT2D eigenvalue weighted by atomic mass is 10.1. The molecule has 0 aliphatic heterocycles. The Balaban J connectivity index is 1.92. The molecule has 22 heavy (non-hydrogen) atoms. The van der Waals surface area contributed by atoms with Crippen LogP contribution in [-0.2, 0) is 0 Å². The molecular formula is C17H13NO4. The van der Waals surface area contributed by atoms with Crippen LogP contribution in [0.3, 0.4) is 0 Å². The number of rotatable bonds is 3. The van der Waals surface area contributed by atoms with Crippen LogP contribution in [0.15, 0.2) is 51.8 Å². The maximum Gasteiger partial charge on any atom is 0.351 e. The number of aromatic nitrogens is 1. The van der Waals surface area contributed by atoms with Crippen LogP contribution < -0.4 is 5.63 Å². The summed E-state index contributed by atoms with van der Waals surface area (Å²) in [6, 6.07) is 8.83. The molecule has 5 heteroatoms. The number of aromatic hydroxyl groups is 1. The SMILES string of the molecule is Cc1cc(O)c(C(=O)/C=C/c2ccc3[nH]ccc3c2)c(=O)o1. The molecule has 0 saturated carbocycles. The summed E-state index contributed by atoms with van der Waals surface area (Å²) in [5, 5.41) is 10.8. The van der Waals surface area contributed by atoms with Crippen molar-refractivity contribution in [3.05, 3.63) is 69.9 Å². The molecule has 5 nitrogen and oxygen atoms in total. The van der Waals surface area contributed by atoms with E-state index in [1.165, 1.54) is 19.1 Å². The average molecular weight is 295 g/mol. The smallest absolute Gasteiger partial charge is 0.351 e. The molecule has 0 aliphatic rings. The second-order valence-electron chi connectivity index (χ2n) is 4.93. The first-order chi connectivity index (χ1) is 10.5. The fraction of sp³-hybridized carbons (Fsp3) is 0.0588. The highest BCUT2D eigenvalue weighted by Crippen LogP contribution is 2.18. The number of ketones is 1. The first kappa shape index (κ1) is 13.9. The van der Waals surface area contributed by atoms with Gasteiger partial charge < -0.3 is 14.5 Å². The van der Waals surface area contributed by atoms with Crippen molar-refractivity contribution in [2.75, 3.05) is 0 Å². The van der Waals surface area contributed by atoms with Crippen molar-refractivity contribution in [2.45, 2.75) is 6.92 Å². The Morgan fingerprint density at radius 1 is 1.27 bits per heavy atom. The van der Waals surface area contributed by atoms with E-state index in [-0.39, 0.29) is 17.1 Å². The fourth-order valence-corrected chi connectivity index (χ4v) is 2.25. The summed E-state index contributed by atoms with van der Waals surface area (Å²) in [5.74, 6) is -0.717. The van der Waals surface area contributed by atoms with Gasteiger partial charge in [0, 0.05) is 17.8 Å². The van der Waals surface area contributed by atoms with E-state index in [1.54, 1.807) is 6.08 Å². The van der Waals surface area contributed by atoms with Crippen molar-refractivity contribution >= 4 is 22.8 Å². The fourth-order valence-electron chi connectivity index (χ4n) is 2.25. The van der Waals surface area contributed by atoms with E-state index in [0.717, 1.165) is 16.5 Å². The summed E-state index contributed by atoms with van der Waals surface area (Å²) in [6.07, 6.45) is 4.67. The van der Waals surface area contributed by atoms with E-state index >= 15 is 0 Å². The van der Waals surface area contributed by atoms with Crippen molar-refractivity contribution in [1.82, 2.24) is 4.98 Å². The summed E-state index contributed by atoms with van der Waals surface area (Å²) >= 11 is 0. The Bertz CT molecular complexity index is 947. The van der Waals surface area contributed by atoms with Crippen molar-refractivity contribution < 1.29 is 14.3 Å². The van der Waals surface area contributed by atoms with Crippen LogP contribution in [0.25, 0.3) is 17.0 Å². The van der Waals surface area contributed by atoms with E-state index < -0.39 is 11.4 Å². The molecule has 2 heterocycles. The monoisotopic (exact) mass is 295 g/mol. The summed E-state index contributed by atoms with van der Waals surface area (Å²) in [6.45, 7) is 1.53. The quantitative estimate of drug-likeness (QED) is 0.574. The van der Waals surface area contributed by atoms with Gasteiger partial charge in [-0.15, -0.1) is 0 Å². The van der Waals surface area contributed by atoms with Crippen molar-refractivity contribution in [3.63, 3.8) is 0 Å². The van der Waals surface area contributed by atoms with E-state index in [9.17, 15) is 14.7 Å². The van der Waals surface area contributed by atoms with E-state index in [0.29, 0.717) is 0 Å². The molecule has 0 spiro atoms. The third-order valence-corrected chi connectivity index (χ3v) is 3.30.